The van der Waals surface area contributed by atoms with Crippen LogP contribution in [0.2, 0.25) is 0 Å². The lowest BCUT2D eigenvalue weighted by molar-refractivity contribution is 0.627. The summed E-state index contributed by atoms with van der Waals surface area (Å²) < 4.78 is 28.3. The highest BCUT2D eigenvalue weighted by Gasteiger charge is 1.77. The standard InChI is InChI=1S/2C6H5F.H6OSi2/c2*7-6-4-2-1-3-5-6;2-1-3/h2*1-5H;2-3H3. The van der Waals surface area contributed by atoms with Crippen molar-refractivity contribution in [2.24, 2.45) is 0 Å². The summed E-state index contributed by atoms with van der Waals surface area (Å²) in [6.07, 6.45) is 0. The van der Waals surface area contributed by atoms with Crippen LogP contribution in [0.1, 0.15) is 0 Å². The lowest BCUT2D eigenvalue weighted by Crippen LogP contribution is -1.65. The van der Waals surface area contributed by atoms with Gasteiger partial charge < -0.3 is 4.12 Å². The minimum atomic E-state index is -0.178. The van der Waals surface area contributed by atoms with Crippen LogP contribution in [0.3, 0.4) is 0 Å². The van der Waals surface area contributed by atoms with Crippen LogP contribution in [-0.4, -0.2) is 21.0 Å². The lowest BCUT2D eigenvalue weighted by Gasteiger charge is -1.78. The number of halogens is 2. The summed E-state index contributed by atoms with van der Waals surface area (Å²) in [4.78, 5) is 0. The highest BCUT2D eigenvalue weighted by Crippen LogP contribution is 1.92. The van der Waals surface area contributed by atoms with E-state index in [-0.39, 0.29) is 11.6 Å². The predicted octanol–water partition coefficient (Wildman–Crippen LogP) is 1.22. The summed E-state index contributed by atoms with van der Waals surface area (Å²) in [6, 6.07) is 15.9. The summed E-state index contributed by atoms with van der Waals surface area (Å²) in [5.41, 5.74) is 0. The van der Waals surface area contributed by atoms with E-state index in [4.69, 9.17) is 0 Å². The molecule has 2 aromatic carbocycles. The maximum absolute atomic E-state index is 11.9. The van der Waals surface area contributed by atoms with Gasteiger partial charge in [0.2, 0.25) is 0 Å². The molecule has 0 amide bonds. The van der Waals surface area contributed by atoms with Gasteiger partial charge in [-0.25, -0.2) is 8.78 Å². The third-order valence-corrected chi connectivity index (χ3v) is 1.47. The molecule has 0 saturated carbocycles. The zero-order valence-corrected chi connectivity index (χ0v) is 13.9. The molecular formula is C12H16F2OSi2. The van der Waals surface area contributed by atoms with Crippen LogP contribution < -0.4 is 0 Å². The Labute approximate surface area is 107 Å². The molecule has 2 rings (SSSR count). The largest absolute Gasteiger partial charge is 0.471 e. The Morgan fingerprint density at radius 2 is 0.882 bits per heavy atom. The van der Waals surface area contributed by atoms with Crippen molar-refractivity contribution in [3.8, 4) is 0 Å². The highest BCUT2D eigenvalue weighted by molar-refractivity contribution is 6.15. The first-order valence-electron chi connectivity index (χ1n) is 5.02. The van der Waals surface area contributed by atoms with Crippen molar-refractivity contribution in [1.29, 1.82) is 0 Å². The van der Waals surface area contributed by atoms with Gasteiger partial charge in [0.25, 0.3) is 0 Å². The van der Waals surface area contributed by atoms with Gasteiger partial charge in [0.15, 0.2) is 0 Å². The maximum Gasteiger partial charge on any atom is 0.129 e. The molecule has 0 heterocycles. The van der Waals surface area contributed by atoms with E-state index in [9.17, 15) is 8.78 Å². The van der Waals surface area contributed by atoms with E-state index in [0.717, 1.165) is 21.0 Å². The fraction of sp³-hybridized carbons (Fsp3) is 0. The van der Waals surface area contributed by atoms with Gasteiger partial charge in [-0.1, -0.05) is 36.4 Å². The molecule has 0 N–H and O–H groups in total. The number of hydrogen-bond donors (Lipinski definition) is 0. The second-order valence-corrected chi connectivity index (χ2v) is 6.27. The molecule has 0 aromatic heterocycles. The summed E-state index contributed by atoms with van der Waals surface area (Å²) in [5, 5.41) is 0. The average Bonchev–Trinajstić information content (AvgIpc) is 2.33. The van der Waals surface area contributed by atoms with Crippen molar-refractivity contribution in [1.82, 2.24) is 0 Å². The molecule has 92 valence electrons. The smallest absolute Gasteiger partial charge is 0.129 e. The normalized spacial score (nSPS) is 8.59. The Bertz CT molecular complexity index is 333. The van der Waals surface area contributed by atoms with E-state index < -0.39 is 0 Å². The summed E-state index contributed by atoms with van der Waals surface area (Å²) in [5.74, 6) is -0.356. The molecule has 0 aliphatic carbocycles. The highest BCUT2D eigenvalue weighted by atomic mass is 28.3. The van der Waals surface area contributed by atoms with Crippen LogP contribution in [0.25, 0.3) is 0 Å². The Hall–Kier alpha value is -1.31. The Balaban J connectivity index is 0.000000247. The van der Waals surface area contributed by atoms with Crippen molar-refractivity contribution in [2.45, 2.75) is 0 Å². The van der Waals surface area contributed by atoms with Gasteiger partial charge in [-0.3, -0.25) is 0 Å². The van der Waals surface area contributed by atoms with Crippen LogP contribution in [0, 0.1) is 11.6 Å². The second-order valence-electron chi connectivity index (χ2n) is 3.00. The first kappa shape index (κ1) is 15.7. The van der Waals surface area contributed by atoms with Gasteiger partial charge in [0, 0.05) is 0 Å². The van der Waals surface area contributed by atoms with E-state index in [2.05, 4.69) is 4.12 Å². The molecule has 0 unspecified atom stereocenters. The lowest BCUT2D eigenvalue weighted by atomic mass is 10.4. The number of rotatable bonds is 0. The van der Waals surface area contributed by atoms with Gasteiger partial charge in [-0.2, -0.15) is 0 Å². The molecule has 2 aromatic rings. The van der Waals surface area contributed by atoms with Crippen molar-refractivity contribution in [3.63, 3.8) is 0 Å². The SMILES string of the molecule is Fc1ccccc1.Fc1ccccc1.[SiH3]O[SiH3]. The Morgan fingerprint density at radius 1 is 0.647 bits per heavy atom. The third-order valence-electron chi connectivity index (χ3n) is 1.47. The maximum atomic E-state index is 11.9. The third kappa shape index (κ3) is 11.0. The van der Waals surface area contributed by atoms with E-state index >= 15 is 0 Å². The summed E-state index contributed by atoms with van der Waals surface area (Å²) >= 11 is 0. The molecule has 0 saturated heterocycles. The molecule has 0 aliphatic heterocycles. The monoisotopic (exact) mass is 270 g/mol. The van der Waals surface area contributed by atoms with E-state index in [1.54, 1.807) is 36.4 Å². The fourth-order valence-electron chi connectivity index (χ4n) is 0.829. The van der Waals surface area contributed by atoms with Crippen molar-refractivity contribution in [3.05, 3.63) is 72.3 Å². The molecule has 0 radical (unpaired) electrons. The van der Waals surface area contributed by atoms with Gasteiger partial charge in [0.1, 0.15) is 32.6 Å². The van der Waals surface area contributed by atoms with Crippen LogP contribution in [0.15, 0.2) is 60.7 Å². The molecule has 0 aliphatic rings. The van der Waals surface area contributed by atoms with Crippen LogP contribution >= 0.6 is 0 Å². The molecule has 1 nitrogen and oxygen atoms in total. The van der Waals surface area contributed by atoms with Crippen molar-refractivity contribution >= 4 is 21.0 Å². The quantitative estimate of drug-likeness (QED) is 0.654. The molecule has 5 heteroatoms. The second kappa shape index (κ2) is 11.2. The van der Waals surface area contributed by atoms with E-state index in [0.29, 0.717) is 0 Å². The molecule has 0 fully saturated rings. The molecule has 0 atom stereocenters. The van der Waals surface area contributed by atoms with Gasteiger partial charge in [-0.15, -0.1) is 0 Å². The molecule has 17 heavy (non-hydrogen) atoms. The number of benzene rings is 2. The zero-order valence-electron chi connectivity index (χ0n) is 9.94. The van der Waals surface area contributed by atoms with Crippen molar-refractivity contribution < 1.29 is 12.9 Å². The Morgan fingerprint density at radius 3 is 1.00 bits per heavy atom. The minimum absolute atomic E-state index is 0.178. The summed E-state index contributed by atoms with van der Waals surface area (Å²) in [6.45, 7) is 0. The van der Waals surface area contributed by atoms with Gasteiger partial charge >= 0.3 is 0 Å². The van der Waals surface area contributed by atoms with Crippen molar-refractivity contribution in [2.75, 3.05) is 0 Å². The average molecular weight is 270 g/mol. The summed E-state index contributed by atoms with van der Waals surface area (Å²) in [7, 11) is 1.86. The van der Waals surface area contributed by atoms with E-state index in [1.165, 1.54) is 24.3 Å². The molecular weight excluding hydrogens is 254 g/mol. The minimum Gasteiger partial charge on any atom is -0.471 e. The van der Waals surface area contributed by atoms with Crippen LogP contribution in [0.5, 0.6) is 0 Å². The first-order valence-corrected chi connectivity index (χ1v) is 6.65. The van der Waals surface area contributed by atoms with Crippen LogP contribution in [-0.2, 0) is 4.12 Å². The molecule has 0 spiro atoms. The topological polar surface area (TPSA) is 9.23 Å². The first-order chi connectivity index (χ1) is 8.20. The zero-order chi connectivity index (χ0) is 12.9. The fourth-order valence-corrected chi connectivity index (χ4v) is 0.829. The van der Waals surface area contributed by atoms with Gasteiger partial charge in [-0.05, 0) is 24.3 Å². The van der Waals surface area contributed by atoms with E-state index in [1.807, 2.05) is 0 Å². The Kier molecular flexibility index (Phi) is 10.3. The van der Waals surface area contributed by atoms with Gasteiger partial charge in [0.05, 0.1) is 0 Å². The van der Waals surface area contributed by atoms with Crippen LogP contribution in [0.4, 0.5) is 8.78 Å². The predicted molar refractivity (Wildman–Crippen MR) is 73.8 cm³/mol. The number of hydrogen-bond acceptors (Lipinski definition) is 1. The molecule has 0 bridgehead atoms.